The van der Waals surface area contributed by atoms with Gasteiger partial charge in [0, 0.05) is 38.3 Å². The van der Waals surface area contributed by atoms with E-state index in [2.05, 4.69) is 15.2 Å². The first-order valence-corrected chi connectivity index (χ1v) is 11.4. The molecule has 2 aliphatic heterocycles. The van der Waals surface area contributed by atoms with Crippen molar-refractivity contribution in [2.24, 2.45) is 4.99 Å². The van der Waals surface area contributed by atoms with Crippen molar-refractivity contribution in [1.82, 2.24) is 9.80 Å². The number of hydrogen-bond donors (Lipinski definition) is 1. The van der Waals surface area contributed by atoms with E-state index >= 15 is 0 Å². The molecule has 0 aromatic heterocycles. The Labute approximate surface area is 190 Å². The van der Waals surface area contributed by atoms with E-state index in [9.17, 15) is 14.0 Å². The Morgan fingerprint density at radius 1 is 1.09 bits per heavy atom. The van der Waals surface area contributed by atoms with E-state index in [0.29, 0.717) is 30.6 Å². The number of halogens is 1. The third-order valence-corrected chi connectivity index (χ3v) is 6.46. The molecule has 4 rings (SSSR count). The third kappa shape index (κ3) is 5.93. The van der Waals surface area contributed by atoms with Gasteiger partial charge in [0.2, 0.25) is 11.8 Å². The van der Waals surface area contributed by atoms with Crippen LogP contribution in [-0.4, -0.2) is 71.4 Å². The Bertz CT molecular complexity index is 965. The van der Waals surface area contributed by atoms with Crippen LogP contribution in [-0.2, 0) is 14.3 Å². The Hall–Kier alpha value is -2.75. The standard InChI is InChI=1S/C23H25FN4O3S/c24-17-6-8-19(9-7-17)25-22(30)20-16-21(29)28(11-10-27-12-14-31-15-13-27)23(32-20)26-18-4-2-1-3-5-18/h1-9,20H,10-16H2,(H,25,30)/t20-/m0/s1. The number of amidine groups is 1. The van der Waals surface area contributed by atoms with Crippen molar-refractivity contribution in [1.29, 1.82) is 0 Å². The minimum Gasteiger partial charge on any atom is -0.379 e. The second-order valence-corrected chi connectivity index (χ2v) is 8.71. The SMILES string of the molecule is O=C(Nc1ccc(F)cc1)[C@@H]1CC(=O)N(CCN2CCOCC2)C(=Nc2ccccc2)S1. The van der Waals surface area contributed by atoms with Gasteiger partial charge >= 0.3 is 0 Å². The van der Waals surface area contributed by atoms with Gasteiger partial charge in [0.25, 0.3) is 0 Å². The molecule has 2 aliphatic rings. The number of carbonyl (C=O) groups excluding carboxylic acids is 2. The second kappa shape index (κ2) is 10.7. The van der Waals surface area contributed by atoms with Crippen molar-refractivity contribution < 1.29 is 18.7 Å². The number of benzene rings is 2. The minimum absolute atomic E-state index is 0.0780. The molecule has 2 heterocycles. The first-order valence-electron chi connectivity index (χ1n) is 10.6. The first-order chi connectivity index (χ1) is 15.6. The van der Waals surface area contributed by atoms with Crippen LogP contribution in [0.15, 0.2) is 59.6 Å². The quantitative estimate of drug-likeness (QED) is 0.723. The minimum atomic E-state index is -0.616. The monoisotopic (exact) mass is 456 g/mol. The van der Waals surface area contributed by atoms with Gasteiger partial charge in [-0.15, -0.1) is 0 Å². The zero-order valence-electron chi connectivity index (χ0n) is 17.6. The summed E-state index contributed by atoms with van der Waals surface area (Å²) in [7, 11) is 0. The molecule has 9 heteroatoms. The lowest BCUT2D eigenvalue weighted by Crippen LogP contribution is -2.49. The topological polar surface area (TPSA) is 74.2 Å². The molecule has 1 N–H and O–H groups in total. The number of nitrogens with zero attached hydrogens (tertiary/aromatic N) is 3. The number of anilines is 1. The van der Waals surface area contributed by atoms with Gasteiger partial charge in [0.1, 0.15) is 11.1 Å². The maximum atomic E-state index is 13.1. The normalized spacial score (nSPS) is 21.0. The Morgan fingerprint density at radius 2 is 1.81 bits per heavy atom. The number of hydrogen-bond acceptors (Lipinski definition) is 6. The van der Waals surface area contributed by atoms with Gasteiger partial charge in [-0.2, -0.15) is 0 Å². The van der Waals surface area contributed by atoms with Crippen molar-refractivity contribution in [3.63, 3.8) is 0 Å². The fourth-order valence-electron chi connectivity index (χ4n) is 3.50. The number of morpholine rings is 1. The fraction of sp³-hybridized carbons (Fsp3) is 0.348. The average Bonchev–Trinajstić information content (AvgIpc) is 2.81. The van der Waals surface area contributed by atoms with Crippen LogP contribution in [0.3, 0.4) is 0 Å². The summed E-state index contributed by atoms with van der Waals surface area (Å²) in [5.74, 6) is -0.812. The largest absolute Gasteiger partial charge is 0.379 e. The zero-order chi connectivity index (χ0) is 22.3. The van der Waals surface area contributed by atoms with Crippen LogP contribution in [0.2, 0.25) is 0 Å². The fourth-order valence-corrected chi connectivity index (χ4v) is 4.62. The highest BCUT2D eigenvalue weighted by Crippen LogP contribution is 2.30. The van der Waals surface area contributed by atoms with E-state index in [1.165, 1.54) is 36.0 Å². The van der Waals surface area contributed by atoms with Crippen LogP contribution in [0.5, 0.6) is 0 Å². The molecular formula is C23H25FN4O3S. The molecule has 2 aromatic rings. The maximum absolute atomic E-state index is 13.1. The highest BCUT2D eigenvalue weighted by Gasteiger charge is 2.36. The molecule has 2 aromatic carbocycles. The van der Waals surface area contributed by atoms with E-state index in [1.807, 2.05) is 30.3 Å². The molecule has 2 fully saturated rings. The van der Waals surface area contributed by atoms with Crippen LogP contribution in [0, 0.1) is 5.82 Å². The van der Waals surface area contributed by atoms with Gasteiger partial charge in [0.15, 0.2) is 5.17 Å². The van der Waals surface area contributed by atoms with Crippen molar-refractivity contribution in [2.75, 3.05) is 44.7 Å². The van der Waals surface area contributed by atoms with Gasteiger partial charge in [0.05, 0.1) is 18.9 Å². The van der Waals surface area contributed by atoms with E-state index in [4.69, 9.17) is 4.74 Å². The predicted molar refractivity (Wildman–Crippen MR) is 124 cm³/mol. The molecule has 0 spiro atoms. The molecule has 0 radical (unpaired) electrons. The highest BCUT2D eigenvalue weighted by atomic mass is 32.2. The summed E-state index contributed by atoms with van der Waals surface area (Å²) in [4.78, 5) is 34.5. The molecule has 0 unspecified atom stereocenters. The number of thioether (sulfide) groups is 1. The Balaban J connectivity index is 1.49. The molecule has 0 saturated carbocycles. The van der Waals surface area contributed by atoms with Crippen molar-refractivity contribution in [3.8, 4) is 0 Å². The second-order valence-electron chi connectivity index (χ2n) is 7.54. The van der Waals surface area contributed by atoms with Crippen molar-refractivity contribution >= 4 is 40.1 Å². The number of para-hydroxylation sites is 1. The summed E-state index contributed by atoms with van der Waals surface area (Å²) in [6.45, 7) is 4.28. The molecule has 168 valence electrons. The highest BCUT2D eigenvalue weighted by molar-refractivity contribution is 8.15. The maximum Gasteiger partial charge on any atom is 0.238 e. The smallest absolute Gasteiger partial charge is 0.238 e. The molecular weight excluding hydrogens is 431 g/mol. The van der Waals surface area contributed by atoms with E-state index in [1.54, 1.807) is 4.90 Å². The number of rotatable bonds is 6. The van der Waals surface area contributed by atoms with Crippen LogP contribution in [0.4, 0.5) is 15.8 Å². The van der Waals surface area contributed by atoms with E-state index in [-0.39, 0.29) is 24.1 Å². The summed E-state index contributed by atoms with van der Waals surface area (Å²) >= 11 is 1.28. The molecule has 0 bridgehead atoms. The van der Waals surface area contributed by atoms with Gasteiger partial charge < -0.3 is 10.1 Å². The van der Waals surface area contributed by atoms with Gasteiger partial charge in [-0.05, 0) is 36.4 Å². The molecule has 32 heavy (non-hydrogen) atoms. The van der Waals surface area contributed by atoms with Gasteiger partial charge in [-0.25, -0.2) is 9.38 Å². The van der Waals surface area contributed by atoms with Crippen molar-refractivity contribution in [2.45, 2.75) is 11.7 Å². The molecule has 1 atom stereocenters. The summed E-state index contributed by atoms with van der Waals surface area (Å²) in [5.41, 5.74) is 1.21. The number of nitrogens with one attached hydrogen (secondary N) is 1. The van der Waals surface area contributed by atoms with E-state index < -0.39 is 5.25 Å². The number of ether oxygens (including phenoxy) is 1. The van der Waals surface area contributed by atoms with Crippen molar-refractivity contribution in [3.05, 3.63) is 60.4 Å². The summed E-state index contributed by atoms with van der Waals surface area (Å²) in [5, 5.41) is 2.67. The number of aliphatic imine (C=N–C) groups is 1. The van der Waals surface area contributed by atoms with Crippen LogP contribution in [0.25, 0.3) is 0 Å². The van der Waals surface area contributed by atoms with Crippen LogP contribution < -0.4 is 5.32 Å². The Morgan fingerprint density at radius 3 is 2.53 bits per heavy atom. The average molecular weight is 457 g/mol. The summed E-state index contributed by atoms with van der Waals surface area (Å²) in [6.07, 6.45) is 0.0780. The third-order valence-electron chi connectivity index (χ3n) is 5.27. The van der Waals surface area contributed by atoms with Gasteiger partial charge in [-0.3, -0.25) is 19.4 Å². The first kappa shape index (κ1) is 22.4. The molecule has 0 aliphatic carbocycles. The van der Waals surface area contributed by atoms with Gasteiger partial charge in [-0.1, -0.05) is 30.0 Å². The predicted octanol–water partition coefficient (Wildman–Crippen LogP) is 3.12. The Kier molecular flexibility index (Phi) is 7.51. The number of amides is 2. The van der Waals surface area contributed by atoms with E-state index in [0.717, 1.165) is 25.3 Å². The van der Waals surface area contributed by atoms with Crippen LogP contribution >= 0.6 is 11.8 Å². The lowest BCUT2D eigenvalue weighted by atomic mass is 10.2. The summed E-state index contributed by atoms with van der Waals surface area (Å²) in [6, 6.07) is 14.9. The molecule has 2 saturated heterocycles. The number of carbonyl (C=O) groups is 2. The molecule has 2 amide bonds. The lowest BCUT2D eigenvalue weighted by molar-refractivity contribution is -0.129. The lowest BCUT2D eigenvalue weighted by Gasteiger charge is -2.34. The van der Waals surface area contributed by atoms with Crippen LogP contribution in [0.1, 0.15) is 6.42 Å². The summed E-state index contributed by atoms with van der Waals surface area (Å²) < 4.78 is 18.5. The zero-order valence-corrected chi connectivity index (χ0v) is 18.4. The molecule has 7 nitrogen and oxygen atoms in total.